The Hall–Kier alpha value is -0.590. The van der Waals surface area contributed by atoms with Crippen molar-refractivity contribution in [2.24, 2.45) is 0 Å². The van der Waals surface area contributed by atoms with E-state index in [1.54, 1.807) is 0 Å². The average molecular weight is 224 g/mol. The molecule has 1 heterocycles. The van der Waals surface area contributed by atoms with Crippen LogP contribution in [0, 0.1) is 0 Å². The van der Waals surface area contributed by atoms with E-state index in [9.17, 15) is 8.42 Å². The Morgan fingerprint density at radius 2 is 2.23 bits per heavy atom. The van der Waals surface area contributed by atoms with Crippen LogP contribution in [-0.2, 0) is 15.9 Å². The van der Waals surface area contributed by atoms with E-state index in [1.807, 2.05) is 0 Å². The molecule has 74 valence electrons. The van der Waals surface area contributed by atoms with Gasteiger partial charge in [-0.3, -0.25) is 0 Å². The Balaban J connectivity index is 3.09. The molecule has 0 radical (unpaired) electrons. The minimum atomic E-state index is -3.43. The van der Waals surface area contributed by atoms with Crippen LogP contribution < -0.4 is 0 Å². The zero-order valence-electron chi connectivity index (χ0n) is 7.28. The highest BCUT2D eigenvalue weighted by Crippen LogP contribution is 2.10. The number of alkyl halides is 1. The van der Waals surface area contributed by atoms with Gasteiger partial charge in [-0.15, -0.1) is 11.6 Å². The number of halogens is 1. The van der Waals surface area contributed by atoms with Gasteiger partial charge in [0.2, 0.25) is 0 Å². The summed E-state index contributed by atoms with van der Waals surface area (Å²) in [5.41, 5.74) is 0. The maximum absolute atomic E-state index is 11.5. The first-order chi connectivity index (χ1) is 5.98. The fourth-order valence-corrected chi connectivity index (χ4v) is 1.67. The van der Waals surface area contributed by atoms with Crippen molar-refractivity contribution in [2.45, 2.75) is 10.9 Å². The van der Waals surface area contributed by atoms with Gasteiger partial charge < -0.3 is 4.98 Å². The number of nitrogens with one attached hydrogen (secondary N) is 1. The maximum Gasteiger partial charge on any atom is 0.261 e. The molecule has 0 spiro atoms. The molecule has 13 heavy (non-hydrogen) atoms. The summed E-state index contributed by atoms with van der Waals surface area (Å²) in [4.78, 5) is 6.47. The van der Waals surface area contributed by atoms with E-state index < -0.39 is 10.0 Å². The minimum Gasteiger partial charge on any atom is -0.346 e. The smallest absolute Gasteiger partial charge is 0.261 e. The third-order valence-corrected chi connectivity index (χ3v) is 3.43. The summed E-state index contributed by atoms with van der Waals surface area (Å²) >= 11 is 5.47. The summed E-state index contributed by atoms with van der Waals surface area (Å²) < 4.78 is 24.0. The van der Waals surface area contributed by atoms with Crippen molar-refractivity contribution in [2.75, 3.05) is 14.1 Å². The second kappa shape index (κ2) is 3.65. The van der Waals surface area contributed by atoms with Crippen LogP contribution in [0.4, 0.5) is 0 Å². The van der Waals surface area contributed by atoms with Crippen molar-refractivity contribution in [3.8, 4) is 0 Å². The van der Waals surface area contributed by atoms with Gasteiger partial charge in [0.05, 0.1) is 5.88 Å². The first-order valence-electron chi connectivity index (χ1n) is 3.51. The van der Waals surface area contributed by atoms with E-state index in [0.29, 0.717) is 5.82 Å². The van der Waals surface area contributed by atoms with Crippen LogP contribution in [0.2, 0.25) is 0 Å². The highest BCUT2D eigenvalue weighted by Gasteiger charge is 2.20. The molecule has 1 aromatic rings. The van der Waals surface area contributed by atoms with Crippen LogP contribution in [0.15, 0.2) is 11.2 Å². The number of aromatic amines is 1. The van der Waals surface area contributed by atoms with Gasteiger partial charge in [0.1, 0.15) is 5.82 Å². The molecule has 0 unspecified atom stereocenters. The number of imidazole rings is 1. The predicted octanol–water partition coefficient (Wildman–Crippen LogP) is 0.399. The molecule has 0 aliphatic rings. The highest BCUT2D eigenvalue weighted by molar-refractivity contribution is 7.89. The van der Waals surface area contributed by atoms with Crippen molar-refractivity contribution in [3.63, 3.8) is 0 Å². The average Bonchev–Trinajstić information content (AvgIpc) is 2.51. The molecule has 1 N–H and O–H groups in total. The number of nitrogens with zero attached hydrogens (tertiary/aromatic N) is 2. The molecule has 0 fully saturated rings. The lowest BCUT2D eigenvalue weighted by Crippen LogP contribution is -2.22. The van der Waals surface area contributed by atoms with E-state index in [2.05, 4.69) is 9.97 Å². The third kappa shape index (κ3) is 2.01. The lowest BCUT2D eigenvalue weighted by molar-refractivity contribution is 0.517. The van der Waals surface area contributed by atoms with E-state index in [-0.39, 0.29) is 10.9 Å². The van der Waals surface area contributed by atoms with Gasteiger partial charge in [-0.25, -0.2) is 17.7 Å². The normalized spacial score (nSPS) is 12.3. The molecule has 0 saturated carbocycles. The lowest BCUT2D eigenvalue weighted by Gasteiger charge is -2.07. The van der Waals surface area contributed by atoms with Gasteiger partial charge in [-0.05, 0) is 0 Å². The number of sulfonamides is 1. The van der Waals surface area contributed by atoms with Crippen molar-refractivity contribution in [1.82, 2.24) is 14.3 Å². The molecule has 5 nitrogen and oxygen atoms in total. The quantitative estimate of drug-likeness (QED) is 0.755. The summed E-state index contributed by atoms with van der Waals surface area (Å²) in [7, 11) is -0.536. The Morgan fingerprint density at radius 3 is 2.62 bits per heavy atom. The van der Waals surface area contributed by atoms with Crippen LogP contribution in [0.3, 0.4) is 0 Å². The zero-order chi connectivity index (χ0) is 10.1. The first-order valence-corrected chi connectivity index (χ1v) is 5.48. The summed E-state index contributed by atoms with van der Waals surface area (Å²) in [6, 6.07) is 0. The molecule has 7 heteroatoms. The molecule has 0 atom stereocenters. The van der Waals surface area contributed by atoms with Gasteiger partial charge in [-0.2, -0.15) is 0 Å². The topological polar surface area (TPSA) is 66.1 Å². The minimum absolute atomic E-state index is 0.00634. The molecule has 0 amide bonds. The predicted molar refractivity (Wildman–Crippen MR) is 49.0 cm³/mol. The number of hydrogen-bond acceptors (Lipinski definition) is 3. The van der Waals surface area contributed by atoms with Crippen LogP contribution in [0.25, 0.3) is 0 Å². The number of aromatic nitrogens is 2. The Morgan fingerprint density at radius 1 is 1.62 bits per heavy atom. The Kier molecular flexibility index (Phi) is 2.94. The van der Waals surface area contributed by atoms with E-state index in [0.717, 1.165) is 4.31 Å². The Bertz CT molecular complexity index is 384. The maximum atomic E-state index is 11.5. The van der Waals surface area contributed by atoms with Crippen LogP contribution in [0.1, 0.15) is 5.82 Å². The van der Waals surface area contributed by atoms with Crippen molar-refractivity contribution in [1.29, 1.82) is 0 Å². The molecule has 0 aliphatic carbocycles. The van der Waals surface area contributed by atoms with E-state index in [1.165, 1.54) is 20.3 Å². The summed E-state index contributed by atoms with van der Waals surface area (Å²) in [6.07, 6.45) is 1.33. The highest BCUT2D eigenvalue weighted by atomic mass is 35.5. The number of rotatable bonds is 3. The summed E-state index contributed by atoms with van der Waals surface area (Å²) in [5.74, 6) is 0.616. The molecule has 0 bridgehead atoms. The SMILES string of the molecule is CN(C)S(=O)(=O)c1c[nH]c(CCl)n1. The van der Waals surface area contributed by atoms with Crippen LogP contribution in [-0.4, -0.2) is 36.8 Å². The van der Waals surface area contributed by atoms with Gasteiger partial charge in [0.15, 0.2) is 5.03 Å². The molecule has 1 aromatic heterocycles. The molecular formula is C6H10ClN3O2S. The zero-order valence-corrected chi connectivity index (χ0v) is 8.85. The van der Waals surface area contributed by atoms with Crippen LogP contribution in [0.5, 0.6) is 0 Å². The second-order valence-corrected chi connectivity index (χ2v) is 4.97. The molecular weight excluding hydrogens is 214 g/mol. The van der Waals surface area contributed by atoms with Gasteiger partial charge in [0, 0.05) is 20.3 Å². The second-order valence-electron chi connectivity index (χ2n) is 2.61. The van der Waals surface area contributed by atoms with Gasteiger partial charge in [0.25, 0.3) is 10.0 Å². The Labute approximate surface area is 81.8 Å². The molecule has 1 rings (SSSR count). The molecule has 0 aliphatic heterocycles. The largest absolute Gasteiger partial charge is 0.346 e. The standard InChI is InChI=1S/C6H10ClN3O2S/c1-10(2)13(11,12)6-4-8-5(3-7)9-6/h4H,3H2,1-2H3,(H,8,9). The number of hydrogen-bond donors (Lipinski definition) is 1. The van der Waals surface area contributed by atoms with Crippen molar-refractivity contribution in [3.05, 3.63) is 12.0 Å². The van der Waals surface area contributed by atoms with Gasteiger partial charge in [-0.1, -0.05) is 0 Å². The van der Waals surface area contributed by atoms with E-state index in [4.69, 9.17) is 11.6 Å². The fourth-order valence-electron chi connectivity index (χ4n) is 0.730. The van der Waals surface area contributed by atoms with Crippen LogP contribution >= 0.6 is 11.6 Å². The van der Waals surface area contributed by atoms with E-state index >= 15 is 0 Å². The summed E-state index contributed by atoms with van der Waals surface area (Å²) in [6.45, 7) is 0. The van der Waals surface area contributed by atoms with Crippen molar-refractivity contribution < 1.29 is 8.42 Å². The lowest BCUT2D eigenvalue weighted by atomic mass is 10.7. The number of H-pyrrole nitrogens is 1. The van der Waals surface area contributed by atoms with Crippen molar-refractivity contribution >= 4 is 21.6 Å². The molecule has 0 aromatic carbocycles. The third-order valence-electron chi connectivity index (χ3n) is 1.48. The molecule has 0 saturated heterocycles. The monoisotopic (exact) mass is 223 g/mol. The van der Waals surface area contributed by atoms with Gasteiger partial charge >= 0.3 is 0 Å². The first kappa shape index (κ1) is 10.5. The summed E-state index contributed by atoms with van der Waals surface area (Å²) in [5, 5.41) is -0.00634. The fraction of sp³-hybridized carbons (Fsp3) is 0.500.